The van der Waals surface area contributed by atoms with Crippen LogP contribution in [0.15, 0.2) is 218 Å². The van der Waals surface area contributed by atoms with Crippen LogP contribution < -0.4 is 0 Å². The SMILES string of the molecule is [2H]c1c([2H])c([2H])c2c(-c3ccc4ccc5cccnc5c4n3)c([2H])c([2H])c(-c3cccc(-c4sc(-c5ccc6ccc7cccc8ccc5c6c78)c(-c5ccccc5)c4-c4ccccc4)c3)c2c1[2H]. The lowest BCUT2D eigenvalue weighted by Crippen LogP contribution is -1.91. The van der Waals surface area contributed by atoms with E-state index in [0.717, 1.165) is 53.9 Å². The van der Waals surface area contributed by atoms with Crippen molar-refractivity contribution in [3.8, 4) is 65.5 Å². The Morgan fingerprint density at radius 1 is 0.381 bits per heavy atom. The first-order valence-electron chi connectivity index (χ1n) is 24.0. The quantitative estimate of drug-likeness (QED) is 0.156. The molecule has 0 amide bonds. The van der Waals surface area contributed by atoms with Gasteiger partial charge in [-0.25, -0.2) is 4.98 Å². The minimum absolute atomic E-state index is 0.145. The van der Waals surface area contributed by atoms with E-state index < -0.39 is 12.1 Å². The molecule has 0 spiro atoms. The van der Waals surface area contributed by atoms with Crippen molar-refractivity contribution < 1.29 is 8.22 Å². The Bertz CT molecular complexity index is 4250. The Balaban J connectivity index is 1.08. The molecule has 10 aromatic carbocycles. The van der Waals surface area contributed by atoms with E-state index in [1.807, 2.05) is 60.7 Å². The molecule has 0 unspecified atom stereocenters. The summed E-state index contributed by atoms with van der Waals surface area (Å²) in [7, 11) is 0. The van der Waals surface area contributed by atoms with E-state index in [1.165, 1.54) is 32.3 Å². The maximum atomic E-state index is 9.79. The highest BCUT2D eigenvalue weighted by Gasteiger charge is 2.25. The van der Waals surface area contributed by atoms with E-state index in [0.29, 0.717) is 22.3 Å². The zero-order chi connectivity index (χ0) is 46.7. The summed E-state index contributed by atoms with van der Waals surface area (Å²) in [5.74, 6) is 0. The normalized spacial score (nSPS) is 13.1. The number of rotatable bonds is 6. The average molecular weight is 823 g/mol. The van der Waals surface area contributed by atoms with Crippen LogP contribution in [0.2, 0.25) is 0 Å². The molecule has 0 aliphatic carbocycles. The molecule has 13 rings (SSSR count). The van der Waals surface area contributed by atoms with Crippen LogP contribution in [0.1, 0.15) is 8.22 Å². The Hall–Kier alpha value is -7.98. The molecule has 3 aromatic heterocycles. The maximum absolute atomic E-state index is 9.79. The van der Waals surface area contributed by atoms with E-state index >= 15 is 0 Å². The summed E-state index contributed by atoms with van der Waals surface area (Å²) in [6, 6.07) is 58.4. The van der Waals surface area contributed by atoms with E-state index in [1.54, 1.807) is 23.6 Å². The number of nitrogens with zero attached hydrogens (tertiary/aromatic N) is 2. The Kier molecular flexibility index (Phi) is 6.84. The third-order valence-corrected chi connectivity index (χ3v) is 13.7. The fraction of sp³-hybridized carbons (Fsp3) is 0. The van der Waals surface area contributed by atoms with Gasteiger partial charge >= 0.3 is 0 Å². The molecule has 0 atom stereocenters. The molecule has 3 heteroatoms. The van der Waals surface area contributed by atoms with Crippen LogP contribution in [0.3, 0.4) is 0 Å². The van der Waals surface area contributed by atoms with Gasteiger partial charge in [0.1, 0.15) is 0 Å². The van der Waals surface area contributed by atoms with Crippen LogP contribution >= 0.6 is 11.3 Å². The molecule has 3 heterocycles. The zero-order valence-corrected chi connectivity index (χ0v) is 34.4. The minimum atomic E-state index is -0.419. The lowest BCUT2D eigenvalue weighted by Gasteiger charge is -2.15. The van der Waals surface area contributed by atoms with Crippen molar-refractivity contribution in [2.45, 2.75) is 0 Å². The molecular weight excluding hydrogens is 781 g/mol. The summed E-state index contributed by atoms with van der Waals surface area (Å²) >= 11 is 1.72. The maximum Gasteiger partial charge on any atom is 0.0972 e. The van der Waals surface area contributed by atoms with E-state index in [9.17, 15) is 5.48 Å². The highest BCUT2D eigenvalue weighted by molar-refractivity contribution is 7.20. The third-order valence-electron chi connectivity index (χ3n) is 12.4. The smallest absolute Gasteiger partial charge is 0.0972 e. The van der Waals surface area contributed by atoms with Gasteiger partial charge in [0.15, 0.2) is 0 Å². The molecule has 0 saturated carbocycles. The van der Waals surface area contributed by atoms with Crippen molar-refractivity contribution in [1.82, 2.24) is 9.97 Å². The Morgan fingerprint density at radius 2 is 0.952 bits per heavy atom. The summed E-state index contributed by atoms with van der Waals surface area (Å²) in [6.45, 7) is 0. The van der Waals surface area contributed by atoms with Crippen molar-refractivity contribution >= 4 is 76.2 Å². The van der Waals surface area contributed by atoms with Crippen LogP contribution in [-0.2, 0) is 0 Å². The summed E-state index contributed by atoms with van der Waals surface area (Å²) in [5, 5.41) is 9.29. The first kappa shape index (κ1) is 30.1. The number of pyridine rings is 2. The highest BCUT2D eigenvalue weighted by atomic mass is 32.1. The number of aromatic nitrogens is 2. The van der Waals surface area contributed by atoms with Crippen molar-refractivity contribution in [2.24, 2.45) is 0 Å². The predicted molar refractivity (Wildman–Crippen MR) is 269 cm³/mol. The summed E-state index contributed by atoms with van der Waals surface area (Å²) in [5.41, 5.74) is 8.88. The fourth-order valence-corrected chi connectivity index (χ4v) is 10.9. The molecule has 0 N–H and O–H groups in total. The number of thiophene rings is 1. The number of benzene rings is 10. The molecule has 0 radical (unpaired) electrons. The predicted octanol–water partition coefficient (Wildman–Crippen LogP) is 16.9. The van der Waals surface area contributed by atoms with Crippen molar-refractivity contribution in [1.29, 1.82) is 0 Å². The molecule has 0 aliphatic heterocycles. The summed E-state index contributed by atoms with van der Waals surface area (Å²) in [4.78, 5) is 11.8. The van der Waals surface area contributed by atoms with Crippen LogP contribution in [0, 0.1) is 0 Å². The van der Waals surface area contributed by atoms with Gasteiger partial charge in [0.05, 0.1) is 25.0 Å². The largest absolute Gasteiger partial charge is 0.254 e. The first-order chi connectivity index (χ1) is 33.7. The van der Waals surface area contributed by atoms with Crippen molar-refractivity contribution in [2.75, 3.05) is 0 Å². The Labute approximate surface area is 376 Å². The molecule has 0 bridgehead atoms. The summed E-state index contributed by atoms with van der Waals surface area (Å²) in [6.07, 6.45) is 1.71. The van der Waals surface area contributed by atoms with Gasteiger partial charge in [0, 0.05) is 49.0 Å². The van der Waals surface area contributed by atoms with Crippen LogP contribution in [0.5, 0.6) is 0 Å². The second-order valence-corrected chi connectivity index (χ2v) is 17.0. The zero-order valence-electron chi connectivity index (χ0n) is 39.6. The van der Waals surface area contributed by atoms with E-state index in [2.05, 4.69) is 114 Å². The molecule has 63 heavy (non-hydrogen) atoms. The van der Waals surface area contributed by atoms with Crippen LogP contribution in [-0.4, -0.2) is 9.97 Å². The van der Waals surface area contributed by atoms with Crippen molar-refractivity contribution in [3.05, 3.63) is 218 Å². The molecular formula is C60H36N2S. The molecule has 0 saturated heterocycles. The molecule has 13 aromatic rings. The van der Waals surface area contributed by atoms with E-state index in [4.69, 9.17) is 7.73 Å². The number of hydrogen-bond acceptors (Lipinski definition) is 3. The van der Waals surface area contributed by atoms with Gasteiger partial charge in [0.25, 0.3) is 0 Å². The van der Waals surface area contributed by atoms with Crippen molar-refractivity contribution in [3.63, 3.8) is 0 Å². The lowest BCUT2D eigenvalue weighted by atomic mass is 9.88. The highest BCUT2D eigenvalue weighted by Crippen LogP contribution is 2.54. The second-order valence-electron chi connectivity index (χ2n) is 16.0. The second kappa shape index (κ2) is 14.3. The lowest BCUT2D eigenvalue weighted by molar-refractivity contribution is 1.37. The molecule has 0 aliphatic rings. The third kappa shape index (κ3) is 5.71. The monoisotopic (exact) mass is 822 g/mol. The van der Waals surface area contributed by atoms with Crippen LogP contribution in [0.25, 0.3) is 130 Å². The minimum Gasteiger partial charge on any atom is -0.254 e. The topological polar surface area (TPSA) is 25.8 Å². The van der Waals surface area contributed by atoms with Gasteiger partial charge in [-0.3, -0.25) is 4.98 Å². The van der Waals surface area contributed by atoms with Crippen LogP contribution in [0.4, 0.5) is 0 Å². The van der Waals surface area contributed by atoms with E-state index in [-0.39, 0.29) is 46.1 Å². The number of hydrogen-bond donors (Lipinski definition) is 0. The van der Waals surface area contributed by atoms with Gasteiger partial charge in [-0.15, -0.1) is 11.3 Å². The molecule has 2 nitrogen and oxygen atoms in total. The van der Waals surface area contributed by atoms with Gasteiger partial charge in [-0.05, 0) is 89.1 Å². The van der Waals surface area contributed by atoms with Gasteiger partial charge < -0.3 is 0 Å². The molecule has 292 valence electrons. The Morgan fingerprint density at radius 3 is 1.73 bits per heavy atom. The fourth-order valence-electron chi connectivity index (χ4n) is 9.54. The number of fused-ring (bicyclic) bond motifs is 4. The standard InChI is InChI=1S/C60H36N2S/c1-3-12-37(13-4-1)55-56(38-14-5-2-6-15-38)60(51-31-28-41-24-23-39-16-9-17-40-27-30-50(51)54(41)53(39)40)63-59(55)45-19-10-18-44(36-45)46-32-33-49(48-22-8-7-21-47(46)48)52-34-29-43-26-25-42-20-11-35-61-57(42)58(43)62-52/h1-36H/i7D,8D,21D,22D,32D,33D. The first-order valence-corrected chi connectivity index (χ1v) is 21.8. The van der Waals surface area contributed by atoms with Gasteiger partial charge in [0.2, 0.25) is 0 Å². The molecule has 0 fully saturated rings. The average Bonchev–Trinajstić information content (AvgIpc) is 3.80. The van der Waals surface area contributed by atoms with Gasteiger partial charge in [-0.2, -0.15) is 0 Å². The summed E-state index contributed by atoms with van der Waals surface area (Å²) < 4.78 is 56.1. The van der Waals surface area contributed by atoms with Gasteiger partial charge in [-0.1, -0.05) is 194 Å².